The number of aliphatic hydroxyl groups is 1. The van der Waals surface area contributed by atoms with Crippen LogP contribution in [0.1, 0.15) is 89.8 Å². The number of ether oxygens (including phenoxy) is 1. The molecule has 222 valence electrons. The summed E-state index contributed by atoms with van der Waals surface area (Å²) in [5.41, 5.74) is 9.49. The van der Waals surface area contributed by atoms with Crippen molar-refractivity contribution >= 4 is 23.5 Å². The van der Waals surface area contributed by atoms with Crippen LogP contribution in [0.4, 0.5) is 0 Å². The van der Waals surface area contributed by atoms with Crippen molar-refractivity contribution in [3.8, 4) is 0 Å². The lowest BCUT2D eigenvalue weighted by atomic mass is 9.84. The molecule has 1 aliphatic carbocycles. The molecule has 1 aromatic rings. The van der Waals surface area contributed by atoms with E-state index in [1.165, 1.54) is 17.5 Å². The smallest absolute Gasteiger partial charge is 0.287 e. The maximum absolute atomic E-state index is 13.9. The molecule has 0 aromatic carbocycles. The van der Waals surface area contributed by atoms with Crippen LogP contribution in [0, 0.1) is 5.92 Å². The number of nitrogens with two attached hydrogens (primary N) is 2. The van der Waals surface area contributed by atoms with E-state index in [9.17, 15) is 24.3 Å². The van der Waals surface area contributed by atoms with E-state index in [1.54, 1.807) is 18.5 Å². The summed E-state index contributed by atoms with van der Waals surface area (Å²) in [6.07, 6.45) is 8.38. The second-order valence-corrected chi connectivity index (χ2v) is 12.1. The monoisotopic (exact) mass is 561 g/mol. The van der Waals surface area contributed by atoms with Gasteiger partial charge in [0.2, 0.25) is 17.6 Å². The Morgan fingerprint density at radius 2 is 1.90 bits per heavy atom. The van der Waals surface area contributed by atoms with E-state index in [2.05, 4.69) is 15.6 Å². The van der Waals surface area contributed by atoms with Crippen LogP contribution >= 0.6 is 0 Å². The zero-order chi connectivity index (χ0) is 29.1. The first kappa shape index (κ1) is 30.1. The molecule has 1 aromatic heterocycles. The summed E-state index contributed by atoms with van der Waals surface area (Å²) >= 11 is 0. The fraction of sp³-hybridized carbons (Fsp3) is 0.778. The highest BCUT2D eigenvalue weighted by molar-refractivity contribution is 6.39. The van der Waals surface area contributed by atoms with E-state index < -0.39 is 46.9 Å². The van der Waals surface area contributed by atoms with Gasteiger partial charge in [0.15, 0.2) is 0 Å². The molecular formula is C27H43N7O6. The van der Waals surface area contributed by atoms with Gasteiger partial charge in [-0.1, -0.05) is 37.3 Å². The van der Waals surface area contributed by atoms with Crippen molar-refractivity contribution in [1.29, 1.82) is 0 Å². The number of aromatic nitrogens is 3. The molecule has 3 amide bonds. The molecular weight excluding hydrogens is 518 g/mol. The van der Waals surface area contributed by atoms with E-state index in [-0.39, 0.29) is 38.3 Å². The molecule has 2 aliphatic heterocycles. The topological polar surface area (TPSA) is 196 Å². The van der Waals surface area contributed by atoms with E-state index in [4.69, 9.17) is 16.2 Å². The Morgan fingerprint density at radius 3 is 2.58 bits per heavy atom. The fourth-order valence-electron chi connectivity index (χ4n) is 6.44. The van der Waals surface area contributed by atoms with Gasteiger partial charge in [0, 0.05) is 32.6 Å². The van der Waals surface area contributed by atoms with Crippen molar-refractivity contribution in [2.24, 2.45) is 17.4 Å². The Morgan fingerprint density at radius 1 is 1.18 bits per heavy atom. The second kappa shape index (κ2) is 12.3. The summed E-state index contributed by atoms with van der Waals surface area (Å²) in [5.74, 6) is -2.57. The summed E-state index contributed by atoms with van der Waals surface area (Å²) in [6.45, 7) is 3.91. The summed E-state index contributed by atoms with van der Waals surface area (Å²) in [4.78, 5) is 54.1. The maximum atomic E-state index is 13.9. The van der Waals surface area contributed by atoms with Crippen LogP contribution in [0.25, 0.3) is 0 Å². The molecule has 3 aliphatic rings. The molecule has 0 radical (unpaired) electrons. The molecule has 13 heteroatoms. The second-order valence-electron chi connectivity index (χ2n) is 12.1. The number of primary amides is 1. The lowest BCUT2D eigenvalue weighted by Gasteiger charge is -2.34. The van der Waals surface area contributed by atoms with Gasteiger partial charge in [-0.05, 0) is 39.0 Å². The van der Waals surface area contributed by atoms with Gasteiger partial charge in [-0.2, -0.15) is 0 Å². The molecule has 6 N–H and O–H groups in total. The van der Waals surface area contributed by atoms with Crippen molar-refractivity contribution in [3.05, 3.63) is 11.9 Å². The van der Waals surface area contributed by atoms with Crippen LogP contribution in [0.3, 0.4) is 0 Å². The van der Waals surface area contributed by atoms with Crippen LogP contribution in [-0.4, -0.2) is 85.9 Å². The Hall–Kier alpha value is -2.90. The maximum Gasteiger partial charge on any atom is 0.287 e. The first-order valence-corrected chi connectivity index (χ1v) is 14.4. The number of nitrogens with zero attached hydrogens (tertiary/aromatic N) is 4. The number of nitrogens with one attached hydrogen (secondary N) is 1. The largest absolute Gasteiger partial charge is 0.384 e. The van der Waals surface area contributed by atoms with Gasteiger partial charge in [-0.25, -0.2) is 4.68 Å². The first-order chi connectivity index (χ1) is 18.9. The van der Waals surface area contributed by atoms with E-state index >= 15 is 0 Å². The van der Waals surface area contributed by atoms with Crippen LogP contribution < -0.4 is 16.8 Å². The predicted octanol–water partition coefficient (Wildman–Crippen LogP) is 0.0551. The number of likely N-dealkylation sites (tertiary alicyclic amines) is 1. The third-order valence-corrected chi connectivity index (χ3v) is 8.63. The highest BCUT2D eigenvalue weighted by Crippen LogP contribution is 2.34. The summed E-state index contributed by atoms with van der Waals surface area (Å²) in [6, 6.07) is -2.23. The Kier molecular flexibility index (Phi) is 9.26. The number of ketones is 1. The lowest BCUT2D eigenvalue weighted by molar-refractivity contribution is -0.145. The molecule has 13 nitrogen and oxygen atoms in total. The minimum Gasteiger partial charge on any atom is -0.384 e. The van der Waals surface area contributed by atoms with Gasteiger partial charge in [0.05, 0.1) is 24.0 Å². The molecule has 4 atom stereocenters. The van der Waals surface area contributed by atoms with Crippen LogP contribution in [0.5, 0.6) is 0 Å². The first-order valence-electron chi connectivity index (χ1n) is 14.4. The highest BCUT2D eigenvalue weighted by Gasteiger charge is 2.48. The van der Waals surface area contributed by atoms with Gasteiger partial charge in [0.1, 0.15) is 17.2 Å². The number of hydrogen-bond acceptors (Lipinski definition) is 9. The summed E-state index contributed by atoms with van der Waals surface area (Å²) < 4.78 is 7.03. The molecule has 0 spiro atoms. The van der Waals surface area contributed by atoms with E-state index in [1.807, 2.05) is 0 Å². The average Bonchev–Trinajstić information content (AvgIpc) is 3.52. The van der Waals surface area contributed by atoms with E-state index in [0.717, 1.165) is 25.7 Å². The van der Waals surface area contributed by atoms with Gasteiger partial charge in [-0.15, -0.1) is 5.10 Å². The molecule has 3 heterocycles. The minimum atomic E-state index is -1.51. The van der Waals surface area contributed by atoms with Crippen molar-refractivity contribution in [1.82, 2.24) is 25.2 Å². The van der Waals surface area contributed by atoms with Crippen molar-refractivity contribution in [3.63, 3.8) is 0 Å². The molecule has 0 bridgehead atoms. The van der Waals surface area contributed by atoms with Crippen LogP contribution in [0.15, 0.2) is 6.20 Å². The fourth-order valence-corrected chi connectivity index (χ4v) is 6.44. The predicted molar refractivity (Wildman–Crippen MR) is 143 cm³/mol. The molecule has 2 saturated heterocycles. The normalized spacial score (nSPS) is 27.1. The third-order valence-electron chi connectivity index (χ3n) is 8.63. The zero-order valence-electron chi connectivity index (χ0n) is 23.5. The van der Waals surface area contributed by atoms with Gasteiger partial charge in [-0.3, -0.25) is 19.2 Å². The Bertz CT molecular complexity index is 1090. The van der Waals surface area contributed by atoms with Gasteiger partial charge < -0.3 is 31.5 Å². The zero-order valence-corrected chi connectivity index (χ0v) is 23.5. The van der Waals surface area contributed by atoms with Crippen molar-refractivity contribution < 1.29 is 29.0 Å². The standard InChI is InChI=1S/C27H43N7O6/c1-26(2,39)21-15-30-32-34(21)18-14-20(33(16-18)25(38)19(28)13-17-7-4-3-5-8-17)24(37)31-27(22(35)23(29)36)9-6-11-40-12-10-27/h15,17-20,39H,3-14,16,28H2,1-2H3,(H2,29,36)(H,31,37)/t18-,19+,20-,27?/m0/s1. The summed E-state index contributed by atoms with van der Waals surface area (Å²) in [5, 5.41) is 21.6. The number of amides is 3. The van der Waals surface area contributed by atoms with Crippen LogP contribution in [-0.2, 0) is 29.5 Å². The SMILES string of the molecule is CC(C)(O)c1cnnn1[C@H]1C[C@@H](C(=O)NC2(C(=O)C(N)=O)CCCOCC2)N(C(=O)[C@H](N)CC2CCCCC2)C1. The number of carbonyl (C=O) groups is 4. The number of Topliss-reactive ketones (excluding diaryl/α,β-unsaturated/α-hetero) is 1. The quantitative estimate of drug-likeness (QED) is 0.301. The number of rotatable bonds is 9. The summed E-state index contributed by atoms with van der Waals surface area (Å²) in [7, 11) is 0. The number of hydrogen-bond donors (Lipinski definition) is 4. The minimum absolute atomic E-state index is 0.0950. The van der Waals surface area contributed by atoms with Gasteiger partial charge >= 0.3 is 0 Å². The lowest BCUT2D eigenvalue weighted by Crippen LogP contribution is -2.62. The van der Waals surface area contributed by atoms with Crippen molar-refractivity contribution in [2.45, 2.75) is 107 Å². The van der Waals surface area contributed by atoms with Gasteiger partial charge in [0.25, 0.3) is 5.91 Å². The molecule has 40 heavy (non-hydrogen) atoms. The Balaban J connectivity index is 1.61. The van der Waals surface area contributed by atoms with Crippen molar-refractivity contribution in [2.75, 3.05) is 19.8 Å². The molecule has 1 saturated carbocycles. The molecule has 3 fully saturated rings. The average molecular weight is 562 g/mol. The Labute approximate surface area is 234 Å². The third kappa shape index (κ3) is 6.52. The van der Waals surface area contributed by atoms with E-state index in [0.29, 0.717) is 31.1 Å². The molecule has 4 rings (SSSR count). The number of carbonyl (C=O) groups excluding carboxylic acids is 4. The van der Waals surface area contributed by atoms with Crippen LogP contribution in [0.2, 0.25) is 0 Å². The highest BCUT2D eigenvalue weighted by atomic mass is 16.5. The molecule has 1 unspecified atom stereocenters.